The molecule has 1 heterocycles. The largest absolute Gasteiger partial charge is 0.493 e. The maximum atomic E-state index is 11.8. The number of ether oxygens (including phenoxy) is 3. The molecular formula is C17H28N2O4. The zero-order valence-electron chi connectivity index (χ0n) is 15.0. The second-order valence-corrected chi connectivity index (χ2v) is 6.31. The van der Waals surface area contributed by atoms with E-state index in [1.807, 2.05) is 33.8 Å². The van der Waals surface area contributed by atoms with Gasteiger partial charge in [0.25, 0.3) is 0 Å². The Morgan fingerprint density at radius 2 is 2.04 bits per heavy atom. The van der Waals surface area contributed by atoms with Crippen LogP contribution in [-0.2, 0) is 11.3 Å². The van der Waals surface area contributed by atoms with E-state index >= 15 is 0 Å². The van der Waals surface area contributed by atoms with Crippen molar-refractivity contribution in [3.05, 3.63) is 17.3 Å². The SMILES string of the molecule is CCCCOc1cc(C)nc(OC)c1CNC(=O)OC(C)(C)C. The summed E-state index contributed by atoms with van der Waals surface area (Å²) in [5.41, 5.74) is 0.967. The summed E-state index contributed by atoms with van der Waals surface area (Å²) >= 11 is 0. The molecule has 0 saturated heterocycles. The lowest BCUT2D eigenvalue weighted by molar-refractivity contribution is 0.0523. The number of hydrogen-bond acceptors (Lipinski definition) is 5. The Kier molecular flexibility index (Phi) is 7.13. The third-order valence-electron chi connectivity index (χ3n) is 2.93. The average Bonchev–Trinajstić information content (AvgIpc) is 2.44. The summed E-state index contributed by atoms with van der Waals surface area (Å²) in [5.74, 6) is 1.13. The van der Waals surface area contributed by atoms with Crippen LogP contribution in [0.5, 0.6) is 11.6 Å². The van der Waals surface area contributed by atoms with Gasteiger partial charge >= 0.3 is 6.09 Å². The van der Waals surface area contributed by atoms with Gasteiger partial charge < -0.3 is 19.5 Å². The van der Waals surface area contributed by atoms with Gasteiger partial charge in [-0.3, -0.25) is 0 Å². The predicted octanol–water partition coefficient (Wildman–Crippen LogP) is 3.60. The highest BCUT2D eigenvalue weighted by molar-refractivity contribution is 5.68. The third kappa shape index (κ3) is 6.76. The number of unbranched alkanes of at least 4 members (excludes halogenated alkanes) is 1. The van der Waals surface area contributed by atoms with Crippen LogP contribution < -0.4 is 14.8 Å². The Bertz CT molecular complexity index is 524. The Hall–Kier alpha value is -1.98. The topological polar surface area (TPSA) is 69.7 Å². The van der Waals surface area contributed by atoms with Gasteiger partial charge in [0.2, 0.25) is 5.88 Å². The smallest absolute Gasteiger partial charge is 0.407 e. The minimum Gasteiger partial charge on any atom is -0.493 e. The molecule has 0 unspecified atom stereocenters. The summed E-state index contributed by atoms with van der Waals surface area (Å²) in [5, 5.41) is 2.72. The minimum absolute atomic E-state index is 0.229. The molecule has 130 valence electrons. The van der Waals surface area contributed by atoms with Crippen LogP contribution in [0.15, 0.2) is 6.07 Å². The first-order valence-electron chi connectivity index (χ1n) is 7.91. The first-order chi connectivity index (χ1) is 10.8. The molecule has 0 aliphatic rings. The monoisotopic (exact) mass is 324 g/mol. The van der Waals surface area contributed by atoms with Crippen LogP contribution in [0.4, 0.5) is 4.79 Å². The summed E-state index contributed by atoms with van der Waals surface area (Å²) in [7, 11) is 1.55. The van der Waals surface area contributed by atoms with Crippen LogP contribution in [0.3, 0.4) is 0 Å². The molecule has 0 aliphatic carbocycles. The van der Waals surface area contributed by atoms with Gasteiger partial charge in [-0.25, -0.2) is 9.78 Å². The first kappa shape index (κ1) is 19.1. The number of nitrogens with one attached hydrogen (secondary N) is 1. The van der Waals surface area contributed by atoms with E-state index in [1.54, 1.807) is 7.11 Å². The lowest BCUT2D eigenvalue weighted by atomic mass is 10.2. The number of carbonyl (C=O) groups is 1. The molecular weight excluding hydrogens is 296 g/mol. The second kappa shape index (κ2) is 8.60. The van der Waals surface area contributed by atoms with Crippen molar-refractivity contribution in [2.45, 2.75) is 59.6 Å². The summed E-state index contributed by atoms with van der Waals surface area (Å²) < 4.78 is 16.4. The van der Waals surface area contributed by atoms with E-state index in [2.05, 4.69) is 17.2 Å². The maximum Gasteiger partial charge on any atom is 0.407 e. The molecule has 0 fully saturated rings. The van der Waals surface area contributed by atoms with Crippen molar-refractivity contribution in [2.75, 3.05) is 13.7 Å². The maximum absolute atomic E-state index is 11.8. The highest BCUT2D eigenvalue weighted by Crippen LogP contribution is 2.28. The molecule has 1 rings (SSSR count). The number of nitrogens with zero attached hydrogens (tertiary/aromatic N) is 1. The molecule has 0 bridgehead atoms. The zero-order chi connectivity index (χ0) is 17.5. The van der Waals surface area contributed by atoms with E-state index in [1.165, 1.54) is 0 Å². The third-order valence-corrected chi connectivity index (χ3v) is 2.93. The number of aryl methyl sites for hydroxylation is 1. The molecule has 1 aromatic rings. The number of rotatable bonds is 7. The second-order valence-electron chi connectivity index (χ2n) is 6.31. The van der Waals surface area contributed by atoms with Crippen LogP contribution in [-0.4, -0.2) is 30.4 Å². The summed E-state index contributed by atoms with van der Waals surface area (Å²) in [6.07, 6.45) is 1.52. The van der Waals surface area contributed by atoms with Gasteiger partial charge in [-0.05, 0) is 34.1 Å². The lowest BCUT2D eigenvalue weighted by Gasteiger charge is -2.20. The minimum atomic E-state index is -0.542. The highest BCUT2D eigenvalue weighted by Gasteiger charge is 2.18. The average molecular weight is 324 g/mol. The van der Waals surface area contributed by atoms with Crippen LogP contribution in [0.25, 0.3) is 0 Å². The normalized spacial score (nSPS) is 11.0. The molecule has 0 spiro atoms. The van der Waals surface area contributed by atoms with Crippen molar-refractivity contribution in [1.29, 1.82) is 0 Å². The lowest BCUT2D eigenvalue weighted by Crippen LogP contribution is -2.32. The summed E-state index contributed by atoms with van der Waals surface area (Å²) in [4.78, 5) is 16.2. The Balaban J connectivity index is 2.87. The van der Waals surface area contributed by atoms with Crippen molar-refractivity contribution in [3.8, 4) is 11.6 Å². The Labute approximate surface area is 138 Å². The number of amides is 1. The summed E-state index contributed by atoms with van der Waals surface area (Å²) in [6, 6.07) is 1.85. The van der Waals surface area contributed by atoms with Gasteiger partial charge in [-0.15, -0.1) is 0 Å². The van der Waals surface area contributed by atoms with E-state index in [0.29, 0.717) is 23.8 Å². The standard InChI is InChI=1S/C17H28N2O4/c1-7-8-9-22-14-10-12(2)19-15(21-6)13(14)11-18-16(20)23-17(3,4)5/h10H,7-9,11H2,1-6H3,(H,18,20). The van der Waals surface area contributed by atoms with Crippen LogP contribution in [0, 0.1) is 6.92 Å². The van der Waals surface area contributed by atoms with Crippen molar-refractivity contribution in [2.24, 2.45) is 0 Å². The quantitative estimate of drug-likeness (QED) is 0.776. The number of hydrogen-bond donors (Lipinski definition) is 1. The van der Waals surface area contributed by atoms with E-state index < -0.39 is 11.7 Å². The molecule has 1 aromatic heterocycles. The Morgan fingerprint density at radius 3 is 2.61 bits per heavy atom. The summed E-state index contributed by atoms with van der Waals surface area (Å²) in [6.45, 7) is 10.3. The number of pyridine rings is 1. The van der Waals surface area contributed by atoms with Gasteiger partial charge in [0.15, 0.2) is 0 Å². The van der Waals surface area contributed by atoms with Crippen molar-refractivity contribution in [1.82, 2.24) is 10.3 Å². The zero-order valence-corrected chi connectivity index (χ0v) is 15.0. The van der Waals surface area contributed by atoms with Gasteiger partial charge in [0, 0.05) is 11.8 Å². The highest BCUT2D eigenvalue weighted by atomic mass is 16.6. The number of aromatic nitrogens is 1. The molecule has 23 heavy (non-hydrogen) atoms. The molecule has 6 heteroatoms. The van der Waals surface area contributed by atoms with Gasteiger partial charge in [-0.1, -0.05) is 13.3 Å². The molecule has 0 saturated carbocycles. The molecule has 1 amide bonds. The number of methoxy groups -OCH3 is 1. The van der Waals surface area contributed by atoms with Crippen molar-refractivity contribution in [3.63, 3.8) is 0 Å². The molecule has 0 radical (unpaired) electrons. The molecule has 0 atom stereocenters. The van der Waals surface area contributed by atoms with Crippen LogP contribution in [0.2, 0.25) is 0 Å². The van der Waals surface area contributed by atoms with Gasteiger partial charge in [0.1, 0.15) is 11.4 Å². The van der Waals surface area contributed by atoms with E-state index in [9.17, 15) is 4.79 Å². The van der Waals surface area contributed by atoms with Crippen LogP contribution in [0.1, 0.15) is 51.8 Å². The fourth-order valence-corrected chi connectivity index (χ4v) is 1.90. The number of alkyl carbamates (subject to hydrolysis) is 1. The van der Waals surface area contributed by atoms with Gasteiger partial charge in [-0.2, -0.15) is 0 Å². The fourth-order valence-electron chi connectivity index (χ4n) is 1.90. The predicted molar refractivity (Wildman–Crippen MR) is 89.0 cm³/mol. The van der Waals surface area contributed by atoms with E-state index in [4.69, 9.17) is 14.2 Å². The van der Waals surface area contributed by atoms with E-state index in [0.717, 1.165) is 18.5 Å². The molecule has 1 N–H and O–H groups in total. The number of carbonyl (C=O) groups excluding carboxylic acids is 1. The van der Waals surface area contributed by atoms with Crippen LogP contribution >= 0.6 is 0 Å². The molecule has 6 nitrogen and oxygen atoms in total. The Morgan fingerprint density at radius 1 is 1.35 bits per heavy atom. The van der Waals surface area contributed by atoms with Gasteiger partial charge in [0.05, 0.1) is 25.8 Å². The molecule has 0 aromatic carbocycles. The van der Waals surface area contributed by atoms with E-state index in [-0.39, 0.29) is 6.54 Å². The first-order valence-corrected chi connectivity index (χ1v) is 7.91. The fraction of sp³-hybridized carbons (Fsp3) is 0.647. The van der Waals surface area contributed by atoms with Crippen molar-refractivity contribution < 1.29 is 19.0 Å². The van der Waals surface area contributed by atoms with Crippen molar-refractivity contribution >= 4 is 6.09 Å². The molecule has 0 aliphatic heterocycles.